The van der Waals surface area contributed by atoms with Gasteiger partial charge in [0.25, 0.3) is 0 Å². The molecule has 0 spiro atoms. The minimum absolute atomic E-state index is 1.02. The second-order valence-corrected chi connectivity index (χ2v) is 4.35. The molecule has 86 valence electrons. The van der Waals surface area contributed by atoms with Crippen LogP contribution in [0.15, 0.2) is 66.7 Å². The molecule has 0 heteroatoms. The molecule has 0 aromatic heterocycles. The molecule has 2 rings (SSSR count). The summed E-state index contributed by atoms with van der Waals surface area (Å²) in [5, 5.41) is 0. The van der Waals surface area contributed by atoms with Crippen molar-refractivity contribution in [3.63, 3.8) is 0 Å². The molecule has 0 saturated heterocycles. The molecule has 0 bridgehead atoms. The summed E-state index contributed by atoms with van der Waals surface area (Å²) < 4.78 is 0. The lowest BCUT2D eigenvalue weighted by Gasteiger charge is -1.97. The van der Waals surface area contributed by atoms with Gasteiger partial charge in [0.1, 0.15) is 0 Å². The largest absolute Gasteiger partial charge is 0.0838 e. The van der Waals surface area contributed by atoms with Gasteiger partial charge in [-0.3, -0.25) is 0 Å². The highest BCUT2D eigenvalue weighted by atomic mass is 14.0. The summed E-state index contributed by atoms with van der Waals surface area (Å²) in [4.78, 5) is 0. The Morgan fingerprint density at radius 1 is 0.706 bits per heavy atom. The molecule has 0 amide bonds. The average Bonchev–Trinajstić information content (AvgIpc) is 2.38. The maximum absolute atomic E-state index is 2.25. The van der Waals surface area contributed by atoms with Crippen molar-refractivity contribution in [1.29, 1.82) is 0 Å². The summed E-state index contributed by atoms with van der Waals surface area (Å²) >= 11 is 0. The van der Waals surface area contributed by atoms with Gasteiger partial charge in [-0.2, -0.15) is 0 Å². The van der Waals surface area contributed by atoms with Crippen LogP contribution in [0.1, 0.15) is 16.7 Å². The van der Waals surface area contributed by atoms with E-state index in [-0.39, 0.29) is 0 Å². The summed E-state index contributed by atoms with van der Waals surface area (Å²) in [5.74, 6) is 0. The van der Waals surface area contributed by atoms with Crippen LogP contribution >= 0.6 is 0 Å². The second kappa shape index (κ2) is 6.05. The number of allylic oxidation sites excluding steroid dienone is 2. The van der Waals surface area contributed by atoms with Crippen LogP contribution in [-0.4, -0.2) is 0 Å². The third-order valence-corrected chi connectivity index (χ3v) is 2.84. The lowest BCUT2D eigenvalue weighted by Crippen LogP contribution is -1.82. The molecule has 2 aromatic carbocycles. The monoisotopic (exact) mass is 222 g/mol. The predicted molar refractivity (Wildman–Crippen MR) is 74.2 cm³/mol. The maximum Gasteiger partial charge on any atom is -0.00973 e. The van der Waals surface area contributed by atoms with Crippen LogP contribution in [0.5, 0.6) is 0 Å². The zero-order chi connectivity index (χ0) is 11.9. The van der Waals surface area contributed by atoms with Crippen LogP contribution < -0.4 is 0 Å². The van der Waals surface area contributed by atoms with E-state index in [2.05, 4.69) is 73.7 Å². The van der Waals surface area contributed by atoms with E-state index in [0.29, 0.717) is 0 Å². The second-order valence-electron chi connectivity index (χ2n) is 4.35. The van der Waals surface area contributed by atoms with Crippen molar-refractivity contribution in [1.82, 2.24) is 0 Å². The fourth-order valence-electron chi connectivity index (χ4n) is 1.78. The molecule has 0 unspecified atom stereocenters. The van der Waals surface area contributed by atoms with Crippen LogP contribution in [0.3, 0.4) is 0 Å². The van der Waals surface area contributed by atoms with Crippen LogP contribution in [0, 0.1) is 6.92 Å². The van der Waals surface area contributed by atoms with Gasteiger partial charge in [-0.1, -0.05) is 72.3 Å². The van der Waals surface area contributed by atoms with Crippen LogP contribution in [0.2, 0.25) is 0 Å². The maximum atomic E-state index is 2.25. The van der Waals surface area contributed by atoms with Crippen molar-refractivity contribution in [2.24, 2.45) is 0 Å². The van der Waals surface area contributed by atoms with Crippen LogP contribution in [0.4, 0.5) is 0 Å². The molecule has 0 atom stereocenters. The Hall–Kier alpha value is -1.82. The molecular weight excluding hydrogens is 204 g/mol. The van der Waals surface area contributed by atoms with Crippen molar-refractivity contribution in [2.75, 3.05) is 0 Å². The molecule has 0 nitrogen and oxygen atoms in total. The van der Waals surface area contributed by atoms with Crippen LogP contribution in [-0.2, 0) is 12.8 Å². The summed E-state index contributed by atoms with van der Waals surface area (Å²) in [5.41, 5.74) is 4.06. The summed E-state index contributed by atoms with van der Waals surface area (Å²) in [7, 11) is 0. The summed E-state index contributed by atoms with van der Waals surface area (Å²) in [6.07, 6.45) is 6.53. The van der Waals surface area contributed by atoms with Gasteiger partial charge < -0.3 is 0 Å². The van der Waals surface area contributed by atoms with Gasteiger partial charge >= 0.3 is 0 Å². The molecule has 17 heavy (non-hydrogen) atoms. The van der Waals surface area contributed by atoms with Gasteiger partial charge in [0.15, 0.2) is 0 Å². The van der Waals surface area contributed by atoms with E-state index in [1.54, 1.807) is 0 Å². The normalized spacial score (nSPS) is 10.9. The number of hydrogen-bond donors (Lipinski definition) is 0. The van der Waals surface area contributed by atoms with Gasteiger partial charge in [0.2, 0.25) is 0 Å². The zero-order valence-corrected chi connectivity index (χ0v) is 10.3. The summed E-state index contributed by atoms with van der Waals surface area (Å²) in [6, 6.07) is 19.3. The Labute approximate surface area is 104 Å². The number of benzene rings is 2. The van der Waals surface area contributed by atoms with E-state index in [9.17, 15) is 0 Å². The lowest BCUT2D eigenvalue weighted by molar-refractivity contribution is 1.20. The number of rotatable bonds is 4. The molecular formula is C17H18. The Morgan fingerprint density at radius 3 is 1.82 bits per heavy atom. The van der Waals surface area contributed by atoms with Gasteiger partial charge in [-0.15, -0.1) is 0 Å². The van der Waals surface area contributed by atoms with Crippen molar-refractivity contribution in [3.05, 3.63) is 83.4 Å². The molecule has 0 fully saturated rings. The molecule has 0 aliphatic heterocycles. The molecule has 0 heterocycles. The van der Waals surface area contributed by atoms with E-state index < -0.39 is 0 Å². The molecule has 0 radical (unpaired) electrons. The molecule has 0 saturated carbocycles. The molecule has 0 N–H and O–H groups in total. The van der Waals surface area contributed by atoms with Crippen molar-refractivity contribution < 1.29 is 0 Å². The third kappa shape index (κ3) is 3.92. The van der Waals surface area contributed by atoms with Crippen molar-refractivity contribution in [3.8, 4) is 0 Å². The van der Waals surface area contributed by atoms with Crippen molar-refractivity contribution in [2.45, 2.75) is 19.8 Å². The van der Waals surface area contributed by atoms with E-state index >= 15 is 0 Å². The van der Waals surface area contributed by atoms with E-state index in [4.69, 9.17) is 0 Å². The molecule has 0 aliphatic carbocycles. The van der Waals surface area contributed by atoms with E-state index in [1.165, 1.54) is 16.7 Å². The minimum Gasteiger partial charge on any atom is -0.0838 e. The highest BCUT2D eigenvalue weighted by Gasteiger charge is 1.89. The topological polar surface area (TPSA) is 0 Å². The van der Waals surface area contributed by atoms with Crippen molar-refractivity contribution >= 4 is 0 Å². The van der Waals surface area contributed by atoms with Gasteiger partial charge in [0.05, 0.1) is 0 Å². The van der Waals surface area contributed by atoms with Gasteiger partial charge in [-0.05, 0) is 30.9 Å². The fourth-order valence-corrected chi connectivity index (χ4v) is 1.78. The first kappa shape index (κ1) is 11.7. The third-order valence-electron chi connectivity index (χ3n) is 2.84. The lowest BCUT2D eigenvalue weighted by atomic mass is 10.1. The summed E-state index contributed by atoms with van der Waals surface area (Å²) in [6.45, 7) is 2.12. The highest BCUT2D eigenvalue weighted by Crippen LogP contribution is 2.05. The molecule has 2 aromatic rings. The van der Waals surface area contributed by atoms with E-state index in [1.807, 2.05) is 0 Å². The Morgan fingerprint density at radius 2 is 1.24 bits per heavy atom. The fraction of sp³-hybridized carbons (Fsp3) is 0.176. The van der Waals surface area contributed by atoms with E-state index in [0.717, 1.165) is 12.8 Å². The predicted octanol–water partition coefficient (Wildman–Crippen LogP) is 4.34. The van der Waals surface area contributed by atoms with Crippen LogP contribution in [0.25, 0.3) is 0 Å². The first-order valence-corrected chi connectivity index (χ1v) is 6.09. The number of aryl methyl sites for hydroxylation is 1. The number of hydrogen-bond acceptors (Lipinski definition) is 0. The Bertz CT molecular complexity index is 463. The first-order chi connectivity index (χ1) is 8.34. The van der Waals surface area contributed by atoms with Gasteiger partial charge in [-0.25, -0.2) is 0 Å². The average molecular weight is 222 g/mol. The first-order valence-electron chi connectivity index (χ1n) is 6.09. The highest BCUT2D eigenvalue weighted by molar-refractivity contribution is 5.23. The quantitative estimate of drug-likeness (QED) is 0.675. The zero-order valence-electron chi connectivity index (χ0n) is 10.3. The Kier molecular flexibility index (Phi) is 4.15. The van der Waals surface area contributed by atoms with Gasteiger partial charge in [0, 0.05) is 0 Å². The minimum atomic E-state index is 1.02. The molecule has 0 aliphatic rings. The standard InChI is InChI=1S/C17H18/c1-15-11-13-17(14-12-15)10-6-5-9-16-7-3-2-4-8-16/h2-8,11-14H,9-10H2,1H3/b6-5+. The SMILES string of the molecule is Cc1ccc(C/C=C/Cc2ccccc2)cc1. The smallest absolute Gasteiger partial charge is 0.00973 e. The Balaban J connectivity index is 1.84.